The van der Waals surface area contributed by atoms with Gasteiger partial charge in [-0.2, -0.15) is 26.3 Å². The molecule has 2 aliphatic rings. The van der Waals surface area contributed by atoms with Gasteiger partial charge in [0.15, 0.2) is 0 Å². The molecule has 4 nitrogen and oxygen atoms in total. The van der Waals surface area contributed by atoms with Gasteiger partial charge in [-0.3, -0.25) is 4.79 Å². The summed E-state index contributed by atoms with van der Waals surface area (Å²) in [5.74, 6) is -1.15. The number of alkyl halides is 6. The summed E-state index contributed by atoms with van der Waals surface area (Å²) in [6, 6.07) is 7.01. The summed E-state index contributed by atoms with van der Waals surface area (Å²) in [4.78, 5) is 12.4. The number of rotatable bonds is 7. The molecule has 1 aliphatic heterocycles. The van der Waals surface area contributed by atoms with E-state index in [-0.39, 0.29) is 41.3 Å². The summed E-state index contributed by atoms with van der Waals surface area (Å²) in [6.45, 7) is 0.0504. The second-order valence-corrected chi connectivity index (χ2v) is 9.69. The summed E-state index contributed by atoms with van der Waals surface area (Å²) in [5.41, 5.74) is -2.30. The molecule has 0 aromatic heterocycles. The van der Waals surface area contributed by atoms with Gasteiger partial charge in [-0.05, 0) is 73.7 Å². The summed E-state index contributed by atoms with van der Waals surface area (Å²) in [6.07, 6.45) is -8.75. The van der Waals surface area contributed by atoms with Gasteiger partial charge in [-0.15, -0.1) is 0 Å². The molecule has 2 aromatic rings. The zero-order valence-corrected chi connectivity index (χ0v) is 19.9. The number of hydrogen-bond donors (Lipinski definition) is 2. The molecular weight excluding hydrogens is 505 g/mol. The highest BCUT2D eigenvalue weighted by Crippen LogP contribution is 2.46. The summed E-state index contributed by atoms with van der Waals surface area (Å²) >= 11 is 0. The third-order valence-corrected chi connectivity index (χ3v) is 7.22. The van der Waals surface area contributed by atoms with E-state index in [1.807, 2.05) is 0 Å². The Balaban J connectivity index is 1.58. The summed E-state index contributed by atoms with van der Waals surface area (Å²) < 4.78 is 99.1. The molecular formula is C26H27F7N2O2. The number of nitrogens with one attached hydrogen (secondary N) is 2. The zero-order valence-electron chi connectivity index (χ0n) is 19.9. The fourth-order valence-corrected chi connectivity index (χ4v) is 5.56. The topological polar surface area (TPSA) is 50.4 Å². The average molecular weight is 533 g/mol. The Labute approximate surface area is 209 Å². The molecule has 5 atom stereocenters. The normalized spacial score (nSPS) is 26.5. The minimum absolute atomic E-state index is 0.0785. The van der Waals surface area contributed by atoms with Crippen LogP contribution in [0.15, 0.2) is 42.5 Å². The highest BCUT2D eigenvalue weighted by atomic mass is 19.4. The van der Waals surface area contributed by atoms with Crippen LogP contribution in [-0.4, -0.2) is 31.6 Å². The first-order valence-corrected chi connectivity index (χ1v) is 12.0. The van der Waals surface area contributed by atoms with Crippen LogP contribution >= 0.6 is 0 Å². The van der Waals surface area contributed by atoms with E-state index in [9.17, 15) is 35.5 Å². The van der Waals surface area contributed by atoms with Crippen LogP contribution in [0, 0.1) is 17.7 Å². The van der Waals surface area contributed by atoms with E-state index in [2.05, 4.69) is 10.6 Å². The maximum absolute atomic E-state index is 13.6. The van der Waals surface area contributed by atoms with E-state index in [1.165, 1.54) is 12.1 Å². The Hall–Kier alpha value is -2.66. The molecule has 202 valence electrons. The van der Waals surface area contributed by atoms with Crippen LogP contribution in [0.2, 0.25) is 0 Å². The highest BCUT2D eigenvalue weighted by Gasteiger charge is 2.46. The van der Waals surface area contributed by atoms with Gasteiger partial charge in [0.1, 0.15) is 5.82 Å². The van der Waals surface area contributed by atoms with Crippen LogP contribution in [0.25, 0.3) is 0 Å². The van der Waals surface area contributed by atoms with Crippen LogP contribution in [-0.2, 0) is 28.5 Å². The number of carbonyl (C=O) groups is 1. The Morgan fingerprint density at radius 3 is 2.16 bits per heavy atom. The van der Waals surface area contributed by atoms with E-state index in [0.29, 0.717) is 37.9 Å². The van der Waals surface area contributed by atoms with Gasteiger partial charge in [0.05, 0.1) is 29.8 Å². The number of ether oxygens (including phenoxy) is 1. The molecule has 0 bridgehead atoms. The average Bonchev–Trinajstić information content (AvgIpc) is 3.40. The van der Waals surface area contributed by atoms with Crippen molar-refractivity contribution in [2.75, 3.05) is 13.6 Å². The van der Waals surface area contributed by atoms with Gasteiger partial charge >= 0.3 is 12.4 Å². The highest BCUT2D eigenvalue weighted by molar-refractivity contribution is 5.81. The first-order valence-electron chi connectivity index (χ1n) is 12.0. The molecule has 2 aromatic carbocycles. The number of benzene rings is 2. The lowest BCUT2D eigenvalue weighted by molar-refractivity contribution is -0.143. The summed E-state index contributed by atoms with van der Waals surface area (Å²) in [5, 5.41) is 6.02. The standard InChI is InChI=1S/C26H27F7N2O2/c1-34-12-16-10-21(35-24(16)36)20-6-7-22(23(20)15-2-4-19(27)5-3-15)37-13-14-8-17(25(28,29)30)11-18(9-14)26(31,32)33/h2-5,8-9,11,16,20-23,34H,6-7,10,12-13H2,1H3,(H,35,36)/t16-,20-,21?,22-,23-/m0/s1. The Morgan fingerprint density at radius 1 is 0.973 bits per heavy atom. The quantitative estimate of drug-likeness (QED) is 0.452. The van der Waals surface area contributed by atoms with E-state index in [4.69, 9.17) is 4.74 Å². The lowest BCUT2D eigenvalue weighted by atomic mass is 9.81. The maximum atomic E-state index is 13.6. The lowest BCUT2D eigenvalue weighted by Crippen LogP contribution is -2.36. The Kier molecular flexibility index (Phi) is 7.85. The third kappa shape index (κ3) is 6.26. The fraction of sp³-hybridized carbons (Fsp3) is 0.500. The predicted octanol–water partition coefficient (Wildman–Crippen LogP) is 5.67. The van der Waals surface area contributed by atoms with Gasteiger partial charge in [-0.25, -0.2) is 4.39 Å². The largest absolute Gasteiger partial charge is 0.416 e. The minimum Gasteiger partial charge on any atom is -0.373 e. The zero-order chi connectivity index (χ0) is 27.0. The van der Waals surface area contributed by atoms with Crippen molar-refractivity contribution in [3.8, 4) is 0 Å². The number of amides is 1. The van der Waals surface area contributed by atoms with Crippen molar-refractivity contribution in [3.63, 3.8) is 0 Å². The van der Waals surface area contributed by atoms with Gasteiger partial charge in [0.2, 0.25) is 5.91 Å². The second kappa shape index (κ2) is 10.6. The maximum Gasteiger partial charge on any atom is 0.416 e. The number of halogens is 7. The van der Waals surface area contributed by atoms with Crippen molar-refractivity contribution in [2.45, 2.75) is 56.3 Å². The Bertz CT molecular complexity index is 1070. The van der Waals surface area contributed by atoms with Crippen LogP contribution in [0.5, 0.6) is 0 Å². The van der Waals surface area contributed by atoms with E-state index >= 15 is 0 Å². The van der Waals surface area contributed by atoms with Crippen LogP contribution in [0.4, 0.5) is 30.7 Å². The van der Waals surface area contributed by atoms with E-state index < -0.39 is 42.0 Å². The molecule has 1 unspecified atom stereocenters. The summed E-state index contributed by atoms with van der Waals surface area (Å²) in [7, 11) is 1.75. The molecule has 1 heterocycles. The lowest BCUT2D eigenvalue weighted by Gasteiger charge is -2.29. The molecule has 2 N–H and O–H groups in total. The van der Waals surface area contributed by atoms with Crippen molar-refractivity contribution < 1.29 is 40.3 Å². The number of carbonyl (C=O) groups excluding carboxylic acids is 1. The number of hydrogen-bond acceptors (Lipinski definition) is 3. The molecule has 4 rings (SSSR count). The van der Waals surface area contributed by atoms with Gasteiger partial charge in [0, 0.05) is 18.5 Å². The van der Waals surface area contributed by atoms with Crippen molar-refractivity contribution in [2.24, 2.45) is 11.8 Å². The predicted molar refractivity (Wildman–Crippen MR) is 121 cm³/mol. The Morgan fingerprint density at radius 2 is 1.59 bits per heavy atom. The van der Waals surface area contributed by atoms with Crippen molar-refractivity contribution in [1.82, 2.24) is 10.6 Å². The first kappa shape index (κ1) is 27.4. The molecule has 2 fully saturated rings. The van der Waals surface area contributed by atoms with E-state index in [1.54, 1.807) is 19.2 Å². The molecule has 1 saturated carbocycles. The van der Waals surface area contributed by atoms with E-state index in [0.717, 1.165) is 5.56 Å². The molecule has 1 saturated heterocycles. The molecule has 0 spiro atoms. The van der Waals surface area contributed by atoms with Gasteiger partial charge in [-0.1, -0.05) is 12.1 Å². The molecule has 1 aliphatic carbocycles. The molecule has 1 amide bonds. The van der Waals surface area contributed by atoms with Crippen LogP contribution < -0.4 is 10.6 Å². The van der Waals surface area contributed by atoms with Gasteiger partial charge in [0.25, 0.3) is 0 Å². The molecule has 37 heavy (non-hydrogen) atoms. The van der Waals surface area contributed by atoms with Crippen molar-refractivity contribution >= 4 is 5.91 Å². The third-order valence-electron chi connectivity index (χ3n) is 7.22. The van der Waals surface area contributed by atoms with Gasteiger partial charge < -0.3 is 15.4 Å². The second-order valence-electron chi connectivity index (χ2n) is 9.69. The fourth-order valence-electron chi connectivity index (χ4n) is 5.56. The van der Waals surface area contributed by atoms with Crippen molar-refractivity contribution in [1.29, 1.82) is 0 Å². The van der Waals surface area contributed by atoms with Crippen LogP contribution in [0.1, 0.15) is 47.4 Å². The molecule has 11 heteroatoms. The van der Waals surface area contributed by atoms with Crippen molar-refractivity contribution in [3.05, 3.63) is 70.5 Å². The minimum atomic E-state index is -4.95. The smallest absolute Gasteiger partial charge is 0.373 e. The molecule has 0 radical (unpaired) electrons. The first-order chi connectivity index (χ1) is 17.4. The SMILES string of the molecule is CNC[C@@H]1CC([C@@H]2CC[C@H](OCc3cc(C(F)(F)F)cc(C(F)(F)F)c3)[C@H]2c2ccc(F)cc2)NC1=O. The monoisotopic (exact) mass is 532 g/mol. The van der Waals surface area contributed by atoms with Crippen LogP contribution in [0.3, 0.4) is 0 Å².